The Balaban J connectivity index is 1.43. The van der Waals surface area contributed by atoms with Gasteiger partial charge >= 0.3 is 11.3 Å². The van der Waals surface area contributed by atoms with E-state index in [9.17, 15) is 19.8 Å². The lowest BCUT2D eigenvalue weighted by Crippen LogP contribution is -2.11. The molecule has 0 radical (unpaired) electrons. The van der Waals surface area contributed by atoms with E-state index in [-0.39, 0.29) is 11.5 Å². The van der Waals surface area contributed by atoms with E-state index < -0.39 is 11.3 Å². The molecule has 0 fully saturated rings. The second-order valence-corrected chi connectivity index (χ2v) is 8.52. The second-order valence-electron chi connectivity index (χ2n) is 8.52. The van der Waals surface area contributed by atoms with Gasteiger partial charge in [0.2, 0.25) is 0 Å². The summed E-state index contributed by atoms with van der Waals surface area (Å²) in [6, 6.07) is 17.3. The van der Waals surface area contributed by atoms with Gasteiger partial charge in [0.15, 0.2) is 0 Å². The molecule has 6 heteroatoms. The Labute approximate surface area is 194 Å². The number of hydrogen-bond donors (Lipinski definition) is 2. The predicted molar refractivity (Wildman–Crippen MR) is 130 cm³/mol. The third-order valence-corrected chi connectivity index (χ3v) is 6.33. The van der Waals surface area contributed by atoms with Crippen molar-refractivity contribution < 1.29 is 19.0 Å². The SMILES string of the molecule is Cc1c(Cc2ccc(Cc3c(C)c4ccc(O)cc4oc3=O)cc2)c(=O)oc2cc(O)ccc12. The standard InChI is InChI=1S/C28H22O6/c1-15-21-9-7-19(29)13-25(21)33-27(31)23(15)11-17-3-5-18(6-4-17)12-24-16(2)22-10-8-20(30)14-26(22)34-28(24)32/h3-10,13-14,29-30H,11-12H2,1-2H3. The predicted octanol–water partition coefficient (Wildman–Crippen LogP) is 5.11. The lowest BCUT2D eigenvalue weighted by molar-refractivity contribution is 0.472. The van der Waals surface area contributed by atoms with E-state index >= 15 is 0 Å². The molecule has 0 aliphatic carbocycles. The zero-order chi connectivity index (χ0) is 24.0. The molecule has 2 heterocycles. The highest BCUT2D eigenvalue weighted by Gasteiger charge is 2.14. The fourth-order valence-electron chi connectivity index (χ4n) is 4.36. The zero-order valence-electron chi connectivity index (χ0n) is 18.7. The number of fused-ring (bicyclic) bond motifs is 2. The first-order chi connectivity index (χ1) is 16.3. The first-order valence-electron chi connectivity index (χ1n) is 10.9. The van der Waals surface area contributed by atoms with E-state index in [0.29, 0.717) is 35.1 Å². The van der Waals surface area contributed by atoms with Crippen LogP contribution in [0.3, 0.4) is 0 Å². The van der Waals surface area contributed by atoms with E-state index in [1.165, 1.54) is 12.1 Å². The summed E-state index contributed by atoms with van der Waals surface area (Å²) in [7, 11) is 0. The quantitative estimate of drug-likeness (QED) is 0.366. The first kappa shape index (κ1) is 21.5. The Hall–Kier alpha value is -4.32. The third-order valence-electron chi connectivity index (χ3n) is 6.33. The third kappa shape index (κ3) is 3.83. The monoisotopic (exact) mass is 454 g/mol. The van der Waals surface area contributed by atoms with Crippen molar-refractivity contribution >= 4 is 21.9 Å². The van der Waals surface area contributed by atoms with Crippen LogP contribution < -0.4 is 11.3 Å². The second kappa shape index (κ2) is 8.23. The van der Waals surface area contributed by atoms with Gasteiger partial charge in [-0.05, 0) is 60.4 Å². The number of rotatable bonds is 4. The van der Waals surface area contributed by atoms with E-state index in [4.69, 9.17) is 8.83 Å². The minimum absolute atomic E-state index is 0.0484. The van der Waals surface area contributed by atoms with Gasteiger partial charge < -0.3 is 19.0 Å². The Morgan fingerprint density at radius 1 is 0.618 bits per heavy atom. The molecule has 0 atom stereocenters. The van der Waals surface area contributed by atoms with Crippen LogP contribution in [-0.4, -0.2) is 10.2 Å². The molecule has 34 heavy (non-hydrogen) atoms. The van der Waals surface area contributed by atoms with Crippen molar-refractivity contribution in [2.24, 2.45) is 0 Å². The van der Waals surface area contributed by atoms with Gasteiger partial charge in [-0.25, -0.2) is 9.59 Å². The summed E-state index contributed by atoms with van der Waals surface area (Å²) in [6.07, 6.45) is 0.817. The van der Waals surface area contributed by atoms with Crippen LogP contribution in [0.4, 0.5) is 0 Å². The van der Waals surface area contributed by atoms with Crippen LogP contribution in [0.1, 0.15) is 33.4 Å². The molecule has 0 saturated heterocycles. The largest absolute Gasteiger partial charge is 0.508 e. The maximum Gasteiger partial charge on any atom is 0.340 e. The normalized spacial score (nSPS) is 11.4. The van der Waals surface area contributed by atoms with E-state index in [1.54, 1.807) is 24.3 Å². The van der Waals surface area contributed by atoms with Gasteiger partial charge in [-0.2, -0.15) is 0 Å². The number of hydrogen-bond acceptors (Lipinski definition) is 6. The van der Waals surface area contributed by atoms with Crippen molar-refractivity contribution in [3.63, 3.8) is 0 Å². The molecule has 0 aliphatic rings. The highest BCUT2D eigenvalue weighted by molar-refractivity contribution is 5.83. The van der Waals surface area contributed by atoms with Gasteiger partial charge in [-0.3, -0.25) is 0 Å². The topological polar surface area (TPSA) is 101 Å². The first-order valence-corrected chi connectivity index (χ1v) is 10.9. The molecule has 0 bridgehead atoms. The van der Waals surface area contributed by atoms with E-state index in [2.05, 4.69) is 0 Å². The lowest BCUT2D eigenvalue weighted by Gasteiger charge is -2.10. The van der Waals surface area contributed by atoms with Gasteiger partial charge in [-0.15, -0.1) is 0 Å². The molecular weight excluding hydrogens is 432 g/mol. The van der Waals surface area contributed by atoms with Gasteiger partial charge in [0.25, 0.3) is 0 Å². The van der Waals surface area contributed by atoms with Gasteiger partial charge in [0, 0.05) is 46.9 Å². The number of phenols is 2. The molecule has 0 saturated carbocycles. The number of phenolic OH excluding ortho intramolecular Hbond substituents is 2. The molecule has 0 spiro atoms. The van der Waals surface area contributed by atoms with Crippen molar-refractivity contribution in [3.05, 3.63) is 115 Å². The summed E-state index contributed by atoms with van der Waals surface area (Å²) in [5.74, 6) is 0.0967. The van der Waals surface area contributed by atoms with Crippen molar-refractivity contribution in [3.8, 4) is 11.5 Å². The molecule has 2 aromatic heterocycles. The lowest BCUT2D eigenvalue weighted by atomic mass is 9.96. The van der Waals surface area contributed by atoms with Crippen LogP contribution >= 0.6 is 0 Å². The van der Waals surface area contributed by atoms with Crippen LogP contribution in [0.5, 0.6) is 11.5 Å². The average molecular weight is 454 g/mol. The summed E-state index contributed by atoms with van der Waals surface area (Å²) in [4.78, 5) is 25.1. The fraction of sp³-hybridized carbons (Fsp3) is 0.143. The van der Waals surface area contributed by atoms with Crippen molar-refractivity contribution in [1.82, 2.24) is 0 Å². The Bertz CT molecular complexity index is 1550. The van der Waals surface area contributed by atoms with Crippen molar-refractivity contribution in [2.45, 2.75) is 26.7 Å². The Morgan fingerprint density at radius 3 is 1.38 bits per heavy atom. The molecule has 0 unspecified atom stereocenters. The Kier molecular flexibility index (Phi) is 5.21. The smallest absolute Gasteiger partial charge is 0.340 e. The summed E-state index contributed by atoms with van der Waals surface area (Å²) in [5.41, 5.74) is 4.55. The minimum atomic E-state index is -0.421. The van der Waals surface area contributed by atoms with Crippen LogP contribution in [0.2, 0.25) is 0 Å². The molecule has 0 aliphatic heterocycles. The van der Waals surface area contributed by atoms with E-state index in [1.807, 2.05) is 38.1 Å². The number of benzene rings is 3. The average Bonchev–Trinajstić information content (AvgIpc) is 2.80. The molecule has 170 valence electrons. The molecule has 0 amide bonds. The summed E-state index contributed by atoms with van der Waals surface area (Å²) in [6.45, 7) is 3.75. The van der Waals surface area contributed by atoms with Crippen LogP contribution in [0.15, 0.2) is 79.1 Å². The molecule has 3 aromatic carbocycles. The maximum absolute atomic E-state index is 12.6. The van der Waals surface area contributed by atoms with E-state index in [0.717, 1.165) is 33.0 Å². The highest BCUT2D eigenvalue weighted by atomic mass is 16.4. The molecule has 5 aromatic rings. The molecule has 6 nitrogen and oxygen atoms in total. The maximum atomic E-state index is 12.6. The fourth-order valence-corrected chi connectivity index (χ4v) is 4.36. The van der Waals surface area contributed by atoms with Gasteiger partial charge in [0.1, 0.15) is 22.7 Å². The highest BCUT2D eigenvalue weighted by Crippen LogP contribution is 2.26. The summed E-state index contributed by atoms with van der Waals surface area (Å²) in [5, 5.41) is 20.9. The van der Waals surface area contributed by atoms with Gasteiger partial charge in [0.05, 0.1) is 0 Å². The molecular formula is C28H22O6. The number of aryl methyl sites for hydroxylation is 2. The Morgan fingerprint density at radius 2 is 1.00 bits per heavy atom. The summed E-state index contributed by atoms with van der Waals surface area (Å²) < 4.78 is 10.8. The van der Waals surface area contributed by atoms with Crippen molar-refractivity contribution in [1.29, 1.82) is 0 Å². The van der Waals surface area contributed by atoms with Crippen molar-refractivity contribution in [2.75, 3.05) is 0 Å². The van der Waals surface area contributed by atoms with Crippen LogP contribution in [0.25, 0.3) is 21.9 Å². The number of aromatic hydroxyl groups is 2. The van der Waals surface area contributed by atoms with Crippen LogP contribution in [-0.2, 0) is 12.8 Å². The summed E-state index contributed by atoms with van der Waals surface area (Å²) >= 11 is 0. The van der Waals surface area contributed by atoms with Crippen LogP contribution in [0, 0.1) is 13.8 Å². The minimum Gasteiger partial charge on any atom is -0.508 e. The molecule has 2 N–H and O–H groups in total. The zero-order valence-corrected chi connectivity index (χ0v) is 18.7. The van der Waals surface area contributed by atoms with Gasteiger partial charge in [-0.1, -0.05) is 24.3 Å². The molecule has 5 rings (SSSR count).